The van der Waals surface area contributed by atoms with Crippen LogP contribution in [0, 0.1) is 0 Å². The summed E-state index contributed by atoms with van der Waals surface area (Å²) in [6.07, 6.45) is 1.49. The number of carbonyl (C=O) groups is 1. The van der Waals surface area contributed by atoms with Crippen LogP contribution in [0.2, 0.25) is 0 Å². The molecule has 0 saturated carbocycles. The number of hydrogen-bond donors (Lipinski definition) is 2. The summed E-state index contributed by atoms with van der Waals surface area (Å²) in [5, 5.41) is 23.1. The monoisotopic (exact) mass is 356 g/mol. The molecule has 1 fully saturated rings. The van der Waals surface area contributed by atoms with Crippen LogP contribution in [0.1, 0.15) is 40.7 Å². The molecular formula is C19H24N4O3. The highest BCUT2D eigenvalue weighted by atomic mass is 16.3. The number of nitrogens with zero attached hydrogens (tertiary/aromatic N) is 4. The Labute approximate surface area is 152 Å². The Bertz CT molecular complexity index is 781. The minimum atomic E-state index is -0.976. The Morgan fingerprint density at radius 3 is 2.54 bits per heavy atom. The summed E-state index contributed by atoms with van der Waals surface area (Å²) in [5.41, 5.74) is 3.20. The van der Waals surface area contributed by atoms with Crippen molar-refractivity contribution in [1.29, 1.82) is 0 Å². The molecule has 4 rings (SSSR count). The number of amides is 1. The first-order chi connectivity index (χ1) is 12.7. The largest absolute Gasteiger partial charge is 0.393 e. The maximum atomic E-state index is 12.8. The lowest BCUT2D eigenvalue weighted by Gasteiger charge is -2.28. The van der Waals surface area contributed by atoms with E-state index in [0.29, 0.717) is 30.9 Å². The molecule has 0 aliphatic carbocycles. The van der Waals surface area contributed by atoms with Crippen LogP contribution in [0.3, 0.4) is 0 Å². The van der Waals surface area contributed by atoms with Gasteiger partial charge in [0.2, 0.25) is 0 Å². The van der Waals surface area contributed by atoms with Crippen molar-refractivity contribution in [3.8, 4) is 0 Å². The first kappa shape index (κ1) is 17.1. The third-order valence-corrected chi connectivity index (χ3v) is 5.20. The van der Waals surface area contributed by atoms with Gasteiger partial charge in [0.15, 0.2) is 0 Å². The van der Waals surface area contributed by atoms with Gasteiger partial charge in [0.25, 0.3) is 5.91 Å². The summed E-state index contributed by atoms with van der Waals surface area (Å²) in [4.78, 5) is 17.0. The quantitative estimate of drug-likeness (QED) is 0.859. The van der Waals surface area contributed by atoms with Gasteiger partial charge in [-0.25, -0.2) is 0 Å². The predicted octanol–water partition coefficient (Wildman–Crippen LogP) is 1.16. The third kappa shape index (κ3) is 3.20. The van der Waals surface area contributed by atoms with E-state index in [1.165, 1.54) is 18.5 Å². The summed E-state index contributed by atoms with van der Waals surface area (Å²) in [7, 11) is 0. The first-order valence-electron chi connectivity index (χ1n) is 9.15. The summed E-state index contributed by atoms with van der Waals surface area (Å²) in [6.45, 7) is 3.44. The molecule has 0 spiro atoms. The molecule has 2 aliphatic rings. The van der Waals surface area contributed by atoms with Gasteiger partial charge in [-0.1, -0.05) is 0 Å². The summed E-state index contributed by atoms with van der Waals surface area (Å²) in [5.74, 6) is 0.00896. The number of rotatable bonds is 4. The van der Waals surface area contributed by atoms with Crippen molar-refractivity contribution in [2.24, 2.45) is 0 Å². The molecule has 2 aliphatic heterocycles. The van der Waals surface area contributed by atoms with Gasteiger partial charge in [-0.2, -0.15) is 5.10 Å². The van der Waals surface area contributed by atoms with Crippen molar-refractivity contribution < 1.29 is 15.0 Å². The van der Waals surface area contributed by atoms with E-state index < -0.39 is 6.10 Å². The smallest absolute Gasteiger partial charge is 0.254 e. The van der Waals surface area contributed by atoms with E-state index in [0.717, 1.165) is 18.8 Å². The van der Waals surface area contributed by atoms with Crippen LogP contribution in [0.25, 0.3) is 0 Å². The molecule has 0 radical (unpaired) electrons. The van der Waals surface area contributed by atoms with Gasteiger partial charge < -0.3 is 20.0 Å². The maximum absolute atomic E-state index is 12.8. The average Bonchev–Trinajstić information content (AvgIpc) is 3.36. The molecule has 1 aromatic heterocycles. The molecule has 1 unspecified atom stereocenters. The molecular weight excluding hydrogens is 332 g/mol. The van der Waals surface area contributed by atoms with Crippen molar-refractivity contribution in [2.75, 3.05) is 31.1 Å². The minimum Gasteiger partial charge on any atom is -0.393 e. The van der Waals surface area contributed by atoms with Gasteiger partial charge in [0.1, 0.15) is 6.10 Å². The van der Waals surface area contributed by atoms with Crippen molar-refractivity contribution in [3.05, 3.63) is 47.3 Å². The SMILES string of the molecule is O=C(c1ccc(N2CCCC2)cc1)N1CCn2nc(C(O)CO)cc2C1. The Balaban J connectivity index is 1.46. The van der Waals surface area contributed by atoms with Crippen LogP contribution in [0.4, 0.5) is 5.69 Å². The van der Waals surface area contributed by atoms with Gasteiger partial charge in [0, 0.05) is 30.9 Å². The fourth-order valence-electron chi connectivity index (χ4n) is 3.69. The second kappa shape index (κ2) is 7.09. The lowest BCUT2D eigenvalue weighted by Crippen LogP contribution is -2.38. The van der Waals surface area contributed by atoms with Crippen molar-refractivity contribution >= 4 is 11.6 Å². The molecule has 7 heteroatoms. The van der Waals surface area contributed by atoms with E-state index in [9.17, 15) is 9.90 Å². The zero-order valence-corrected chi connectivity index (χ0v) is 14.7. The van der Waals surface area contributed by atoms with Crippen LogP contribution < -0.4 is 4.90 Å². The second-order valence-electron chi connectivity index (χ2n) is 6.95. The molecule has 0 bridgehead atoms. The van der Waals surface area contributed by atoms with Crippen molar-refractivity contribution in [2.45, 2.75) is 32.0 Å². The Morgan fingerprint density at radius 1 is 1.12 bits per heavy atom. The normalized spacial score (nSPS) is 18.1. The van der Waals surface area contributed by atoms with Gasteiger partial charge in [0.05, 0.1) is 31.1 Å². The number of aliphatic hydroxyl groups excluding tert-OH is 2. The summed E-state index contributed by atoms with van der Waals surface area (Å²) < 4.78 is 1.80. The van der Waals surface area contributed by atoms with E-state index in [2.05, 4.69) is 10.00 Å². The highest BCUT2D eigenvalue weighted by Gasteiger charge is 2.25. The Morgan fingerprint density at radius 2 is 1.85 bits per heavy atom. The standard InChI is InChI=1S/C19H24N4O3/c24-13-18(25)17-11-16-12-22(9-10-23(16)20-17)19(26)14-3-5-15(6-4-14)21-7-1-2-8-21/h3-6,11,18,24-25H,1-2,7-10,12-13H2. The summed E-state index contributed by atoms with van der Waals surface area (Å²) >= 11 is 0. The number of hydrogen-bond acceptors (Lipinski definition) is 5. The van der Waals surface area contributed by atoms with E-state index in [1.807, 2.05) is 24.3 Å². The maximum Gasteiger partial charge on any atom is 0.254 e. The topological polar surface area (TPSA) is 81.8 Å². The highest BCUT2D eigenvalue weighted by Crippen LogP contribution is 2.23. The lowest BCUT2D eigenvalue weighted by molar-refractivity contribution is 0.0704. The van der Waals surface area contributed by atoms with E-state index in [4.69, 9.17) is 5.11 Å². The molecule has 138 valence electrons. The number of aliphatic hydroxyl groups is 2. The Kier molecular flexibility index (Phi) is 4.65. The number of anilines is 1. The Hall–Kier alpha value is -2.38. The van der Waals surface area contributed by atoms with Crippen LogP contribution in [0.5, 0.6) is 0 Å². The van der Waals surface area contributed by atoms with Crippen LogP contribution in [-0.4, -0.2) is 57.0 Å². The fourth-order valence-corrected chi connectivity index (χ4v) is 3.69. The molecule has 1 atom stereocenters. The van der Waals surface area contributed by atoms with E-state index >= 15 is 0 Å². The lowest BCUT2D eigenvalue weighted by atomic mass is 10.1. The zero-order valence-electron chi connectivity index (χ0n) is 14.7. The number of fused-ring (bicyclic) bond motifs is 1. The first-order valence-corrected chi connectivity index (χ1v) is 9.15. The van der Waals surface area contributed by atoms with Crippen molar-refractivity contribution in [1.82, 2.24) is 14.7 Å². The molecule has 1 saturated heterocycles. The molecule has 3 heterocycles. The third-order valence-electron chi connectivity index (χ3n) is 5.20. The average molecular weight is 356 g/mol. The predicted molar refractivity (Wildman–Crippen MR) is 96.9 cm³/mol. The van der Waals surface area contributed by atoms with E-state index in [-0.39, 0.29) is 12.5 Å². The molecule has 1 aromatic carbocycles. The molecule has 2 aromatic rings. The number of carbonyl (C=O) groups excluding carboxylic acids is 1. The highest BCUT2D eigenvalue weighted by molar-refractivity contribution is 5.94. The van der Waals surface area contributed by atoms with Gasteiger partial charge in [-0.05, 0) is 43.2 Å². The minimum absolute atomic E-state index is 0.00896. The second-order valence-corrected chi connectivity index (χ2v) is 6.95. The van der Waals surface area contributed by atoms with Crippen LogP contribution in [0.15, 0.2) is 30.3 Å². The number of aromatic nitrogens is 2. The zero-order chi connectivity index (χ0) is 18.1. The van der Waals surface area contributed by atoms with Gasteiger partial charge in [-0.3, -0.25) is 9.48 Å². The molecule has 2 N–H and O–H groups in total. The fraction of sp³-hybridized carbons (Fsp3) is 0.474. The van der Waals surface area contributed by atoms with Gasteiger partial charge >= 0.3 is 0 Å². The van der Waals surface area contributed by atoms with Crippen LogP contribution in [-0.2, 0) is 13.1 Å². The summed E-state index contributed by atoms with van der Waals surface area (Å²) in [6, 6.07) is 9.63. The molecule has 7 nitrogen and oxygen atoms in total. The van der Waals surface area contributed by atoms with Gasteiger partial charge in [-0.15, -0.1) is 0 Å². The molecule has 26 heavy (non-hydrogen) atoms. The van der Waals surface area contributed by atoms with Crippen LogP contribution >= 0.6 is 0 Å². The van der Waals surface area contributed by atoms with Crippen molar-refractivity contribution in [3.63, 3.8) is 0 Å². The number of benzene rings is 1. The molecule has 1 amide bonds. The van der Waals surface area contributed by atoms with E-state index in [1.54, 1.807) is 15.6 Å².